The van der Waals surface area contributed by atoms with Crippen molar-refractivity contribution in [1.82, 2.24) is 4.90 Å². The fraction of sp³-hybridized carbons (Fsp3) is 0.621. The number of alkyl halides is 6. The fourth-order valence-electron chi connectivity index (χ4n) is 6.71. The maximum absolute atomic E-state index is 14.1. The van der Waals surface area contributed by atoms with Crippen molar-refractivity contribution in [2.24, 2.45) is 23.7 Å². The SMILES string of the molecule is O=C(O)C1CCCC(C2CN(Cc3ccc4c(C(F)(F)F)c(OC5CCC(C(F)(F)F)CC5)ccc4c3)C2)C1. The van der Waals surface area contributed by atoms with E-state index >= 15 is 0 Å². The first-order valence-electron chi connectivity index (χ1n) is 13.7. The molecular weight excluding hydrogens is 524 g/mol. The van der Waals surface area contributed by atoms with Crippen LogP contribution in [-0.4, -0.2) is 41.3 Å². The molecule has 2 saturated carbocycles. The van der Waals surface area contributed by atoms with E-state index in [0.717, 1.165) is 44.3 Å². The number of fused-ring (bicyclic) bond motifs is 1. The summed E-state index contributed by atoms with van der Waals surface area (Å²) < 4.78 is 87.0. The summed E-state index contributed by atoms with van der Waals surface area (Å²) in [6, 6.07) is 7.75. The molecule has 2 aromatic carbocycles. The van der Waals surface area contributed by atoms with Gasteiger partial charge in [0.2, 0.25) is 0 Å². The van der Waals surface area contributed by atoms with Crippen LogP contribution >= 0.6 is 0 Å². The molecule has 3 fully saturated rings. The molecule has 3 aliphatic rings. The summed E-state index contributed by atoms with van der Waals surface area (Å²) >= 11 is 0. The van der Waals surface area contributed by atoms with Crippen LogP contribution in [0.4, 0.5) is 26.3 Å². The van der Waals surface area contributed by atoms with E-state index in [-0.39, 0.29) is 42.7 Å². The number of carboxylic acid groups (broad SMARTS) is 1. The average molecular weight is 558 g/mol. The molecule has 2 unspecified atom stereocenters. The molecule has 0 spiro atoms. The van der Waals surface area contributed by atoms with Gasteiger partial charge in [-0.1, -0.05) is 31.0 Å². The van der Waals surface area contributed by atoms with Gasteiger partial charge in [-0.05, 0) is 78.8 Å². The number of carboxylic acids is 1. The maximum Gasteiger partial charge on any atom is 0.420 e. The molecule has 0 bridgehead atoms. The normalized spacial score (nSPS) is 27.3. The first-order chi connectivity index (χ1) is 18.4. The molecule has 214 valence electrons. The van der Waals surface area contributed by atoms with Crippen LogP contribution in [0.2, 0.25) is 0 Å². The Kier molecular flexibility index (Phi) is 7.79. The Bertz CT molecular complexity index is 1180. The topological polar surface area (TPSA) is 49.8 Å². The lowest BCUT2D eigenvalue weighted by atomic mass is 9.72. The van der Waals surface area contributed by atoms with Gasteiger partial charge in [-0.25, -0.2) is 0 Å². The minimum Gasteiger partial charge on any atom is -0.490 e. The molecule has 4 nitrogen and oxygen atoms in total. The highest BCUT2D eigenvalue weighted by molar-refractivity contribution is 5.89. The third-order valence-electron chi connectivity index (χ3n) is 8.88. The van der Waals surface area contributed by atoms with Crippen LogP contribution < -0.4 is 4.74 Å². The monoisotopic (exact) mass is 557 g/mol. The van der Waals surface area contributed by atoms with Gasteiger partial charge >= 0.3 is 18.3 Å². The van der Waals surface area contributed by atoms with Crippen molar-refractivity contribution >= 4 is 16.7 Å². The molecule has 10 heteroatoms. The van der Waals surface area contributed by atoms with Gasteiger partial charge in [-0.15, -0.1) is 0 Å². The standard InChI is InChI=1S/C29H33F6NO3/c30-28(31,32)22-6-8-23(9-7-22)39-25-11-5-19-12-17(4-10-24(19)26(25)29(33,34)35)14-36-15-21(16-36)18-2-1-3-20(13-18)27(37)38/h4-5,10-12,18,20-23H,1-3,6-9,13-16H2,(H,37,38). The molecule has 1 heterocycles. The molecule has 0 aromatic heterocycles. The number of aliphatic carboxylic acids is 1. The summed E-state index contributed by atoms with van der Waals surface area (Å²) in [5.41, 5.74) is -0.000866. The Balaban J connectivity index is 1.25. The van der Waals surface area contributed by atoms with Crippen molar-refractivity contribution in [3.63, 3.8) is 0 Å². The van der Waals surface area contributed by atoms with Crippen LogP contribution in [-0.2, 0) is 17.5 Å². The molecule has 2 aromatic rings. The predicted octanol–water partition coefficient (Wildman–Crippen LogP) is 7.68. The lowest BCUT2D eigenvalue weighted by Crippen LogP contribution is -2.50. The number of benzene rings is 2. The highest BCUT2D eigenvalue weighted by Crippen LogP contribution is 2.44. The first kappa shape index (κ1) is 28.1. The van der Waals surface area contributed by atoms with E-state index in [2.05, 4.69) is 4.90 Å². The van der Waals surface area contributed by atoms with E-state index in [0.29, 0.717) is 23.8 Å². The van der Waals surface area contributed by atoms with E-state index in [1.807, 2.05) is 0 Å². The third-order valence-corrected chi connectivity index (χ3v) is 8.88. The minimum atomic E-state index is -4.68. The lowest BCUT2D eigenvalue weighted by Gasteiger charge is -2.45. The van der Waals surface area contributed by atoms with Crippen molar-refractivity contribution in [3.8, 4) is 5.75 Å². The van der Waals surface area contributed by atoms with Gasteiger partial charge in [0.1, 0.15) is 11.3 Å². The van der Waals surface area contributed by atoms with Gasteiger partial charge < -0.3 is 9.84 Å². The zero-order valence-electron chi connectivity index (χ0n) is 21.5. The minimum absolute atomic E-state index is 0.0103. The van der Waals surface area contributed by atoms with Crippen molar-refractivity contribution in [3.05, 3.63) is 41.5 Å². The third kappa shape index (κ3) is 6.31. The quantitative estimate of drug-likeness (QED) is 0.370. The number of hydrogen-bond donors (Lipinski definition) is 1. The zero-order chi connectivity index (χ0) is 27.9. The highest BCUT2D eigenvalue weighted by Gasteiger charge is 2.43. The lowest BCUT2D eigenvalue weighted by molar-refractivity contribution is -0.185. The Morgan fingerprint density at radius 3 is 2.28 bits per heavy atom. The zero-order valence-corrected chi connectivity index (χ0v) is 21.5. The number of hydrogen-bond acceptors (Lipinski definition) is 3. The van der Waals surface area contributed by atoms with Crippen LogP contribution in [0.25, 0.3) is 10.8 Å². The summed E-state index contributed by atoms with van der Waals surface area (Å²) in [6.07, 6.45) is -6.39. The van der Waals surface area contributed by atoms with Gasteiger partial charge in [0.25, 0.3) is 0 Å². The smallest absolute Gasteiger partial charge is 0.420 e. The molecule has 2 atom stereocenters. The van der Waals surface area contributed by atoms with Crippen LogP contribution in [0.3, 0.4) is 0 Å². The number of nitrogens with zero attached hydrogens (tertiary/aromatic N) is 1. The Morgan fingerprint density at radius 1 is 0.923 bits per heavy atom. The second kappa shape index (κ2) is 10.8. The molecule has 0 radical (unpaired) electrons. The molecule has 2 aliphatic carbocycles. The first-order valence-corrected chi connectivity index (χ1v) is 13.7. The number of carbonyl (C=O) groups is 1. The van der Waals surface area contributed by atoms with E-state index in [1.54, 1.807) is 18.2 Å². The fourth-order valence-corrected chi connectivity index (χ4v) is 6.71. The highest BCUT2D eigenvalue weighted by atomic mass is 19.4. The Labute approximate surface area is 223 Å². The van der Waals surface area contributed by atoms with E-state index in [9.17, 15) is 36.2 Å². The second-order valence-corrected chi connectivity index (χ2v) is 11.5. The summed E-state index contributed by atoms with van der Waals surface area (Å²) in [5, 5.41) is 9.78. The van der Waals surface area contributed by atoms with Crippen LogP contribution in [0.5, 0.6) is 5.75 Å². The van der Waals surface area contributed by atoms with Crippen LogP contribution in [0, 0.1) is 23.7 Å². The van der Waals surface area contributed by atoms with E-state index in [4.69, 9.17) is 4.74 Å². The van der Waals surface area contributed by atoms with E-state index < -0.39 is 35.9 Å². The van der Waals surface area contributed by atoms with Crippen molar-refractivity contribution in [1.29, 1.82) is 0 Å². The van der Waals surface area contributed by atoms with Crippen molar-refractivity contribution in [2.75, 3.05) is 13.1 Å². The van der Waals surface area contributed by atoms with Crippen LogP contribution in [0.1, 0.15) is 62.5 Å². The van der Waals surface area contributed by atoms with Gasteiger partial charge in [0, 0.05) is 19.6 Å². The number of likely N-dealkylation sites (tertiary alicyclic amines) is 1. The Morgan fingerprint density at radius 2 is 1.64 bits per heavy atom. The molecule has 0 amide bonds. The molecule has 39 heavy (non-hydrogen) atoms. The summed E-state index contributed by atoms with van der Waals surface area (Å²) in [4.78, 5) is 13.6. The Hall–Kier alpha value is -2.49. The largest absolute Gasteiger partial charge is 0.490 e. The average Bonchev–Trinajstić information content (AvgIpc) is 2.85. The summed E-state index contributed by atoms with van der Waals surface area (Å²) in [7, 11) is 0. The van der Waals surface area contributed by atoms with Gasteiger partial charge in [-0.3, -0.25) is 9.69 Å². The van der Waals surface area contributed by atoms with Gasteiger partial charge in [0.05, 0.1) is 17.9 Å². The molecule has 1 saturated heterocycles. The molecule has 1 N–H and O–H groups in total. The number of halogens is 6. The molecule has 5 rings (SSSR count). The number of ether oxygens (including phenoxy) is 1. The predicted molar refractivity (Wildman–Crippen MR) is 133 cm³/mol. The number of rotatable bonds is 6. The second-order valence-electron chi connectivity index (χ2n) is 11.5. The van der Waals surface area contributed by atoms with Crippen molar-refractivity contribution < 1.29 is 41.0 Å². The van der Waals surface area contributed by atoms with Gasteiger partial charge in [0.15, 0.2) is 0 Å². The maximum atomic E-state index is 14.1. The molecular formula is C29H33F6NO3. The van der Waals surface area contributed by atoms with Crippen LogP contribution in [0.15, 0.2) is 30.3 Å². The van der Waals surface area contributed by atoms with E-state index in [1.165, 1.54) is 12.1 Å². The molecule has 1 aliphatic heterocycles. The summed E-state index contributed by atoms with van der Waals surface area (Å²) in [5.74, 6) is -1.88. The van der Waals surface area contributed by atoms with Crippen molar-refractivity contribution in [2.45, 2.75) is 76.4 Å². The van der Waals surface area contributed by atoms with Gasteiger partial charge in [-0.2, -0.15) is 26.3 Å². The summed E-state index contributed by atoms with van der Waals surface area (Å²) in [6.45, 7) is 2.31.